The van der Waals surface area contributed by atoms with Gasteiger partial charge in [0.05, 0.1) is 3.57 Å². The molecule has 1 N–H and O–H groups in total. The first-order chi connectivity index (χ1) is 7.58. The van der Waals surface area contributed by atoms with Gasteiger partial charge in [0, 0.05) is 11.8 Å². The Hall–Kier alpha value is -1.24. The molecule has 1 aromatic heterocycles. The van der Waals surface area contributed by atoms with Crippen LogP contribution in [-0.2, 0) is 0 Å². The molecule has 0 amide bonds. The van der Waals surface area contributed by atoms with E-state index in [4.69, 9.17) is 0 Å². The van der Waals surface area contributed by atoms with Crippen molar-refractivity contribution in [1.82, 2.24) is 9.97 Å². The first-order valence-corrected chi connectivity index (χ1v) is 5.67. The zero-order chi connectivity index (χ0) is 11.7. The molecule has 0 aliphatic heterocycles. The van der Waals surface area contributed by atoms with Crippen LogP contribution in [-0.4, -0.2) is 9.97 Å². The topological polar surface area (TPSA) is 45.8 Å². The predicted octanol–water partition coefficient (Wildman–Crippen LogP) is 2.49. The minimum Gasteiger partial charge on any atom is -0.306 e. The van der Waals surface area contributed by atoms with Gasteiger partial charge in [-0.3, -0.25) is 4.79 Å². The lowest BCUT2D eigenvalue weighted by molar-refractivity contribution is 0.619. The molecule has 0 aliphatic carbocycles. The van der Waals surface area contributed by atoms with Crippen LogP contribution in [0.5, 0.6) is 0 Å². The number of hydrogen-bond acceptors (Lipinski definition) is 2. The van der Waals surface area contributed by atoms with Gasteiger partial charge in [-0.2, -0.15) is 0 Å². The van der Waals surface area contributed by atoms with Crippen molar-refractivity contribution in [3.63, 3.8) is 0 Å². The molecular formula is C11H8FIN2O. The minimum absolute atomic E-state index is 0.216. The van der Waals surface area contributed by atoms with Crippen molar-refractivity contribution in [2.45, 2.75) is 6.92 Å². The monoisotopic (exact) mass is 330 g/mol. The fourth-order valence-corrected chi connectivity index (χ4v) is 1.54. The average molecular weight is 330 g/mol. The predicted molar refractivity (Wildman–Crippen MR) is 67.7 cm³/mol. The Kier molecular flexibility index (Phi) is 3.04. The minimum atomic E-state index is -0.307. The summed E-state index contributed by atoms with van der Waals surface area (Å²) in [5.74, 6) is 0.0722. The molecule has 2 aromatic rings. The van der Waals surface area contributed by atoms with Crippen LogP contribution in [0.2, 0.25) is 0 Å². The van der Waals surface area contributed by atoms with Crippen LogP contribution in [0.3, 0.4) is 0 Å². The first-order valence-electron chi connectivity index (χ1n) is 4.59. The highest BCUT2D eigenvalue weighted by Crippen LogP contribution is 2.17. The molecule has 1 aromatic carbocycles. The van der Waals surface area contributed by atoms with Crippen molar-refractivity contribution >= 4 is 22.6 Å². The number of halogens is 2. The summed E-state index contributed by atoms with van der Waals surface area (Å²) in [4.78, 5) is 18.0. The molecule has 0 saturated heterocycles. The third kappa shape index (κ3) is 2.13. The van der Waals surface area contributed by atoms with Gasteiger partial charge in [0.25, 0.3) is 5.56 Å². The molecule has 0 atom stereocenters. The highest BCUT2D eigenvalue weighted by Gasteiger charge is 2.05. The SMILES string of the molecule is Cc1ccc(-c2ncc(I)c(=O)[nH]2)cc1F. The number of nitrogens with one attached hydrogen (secondary N) is 1. The Labute approximate surface area is 105 Å². The Bertz CT molecular complexity index is 595. The molecule has 0 aliphatic rings. The summed E-state index contributed by atoms with van der Waals surface area (Å²) in [7, 11) is 0. The Morgan fingerprint density at radius 2 is 2.19 bits per heavy atom. The van der Waals surface area contributed by atoms with Gasteiger partial charge in [0.15, 0.2) is 0 Å². The van der Waals surface area contributed by atoms with Gasteiger partial charge in [-0.15, -0.1) is 0 Å². The highest BCUT2D eigenvalue weighted by molar-refractivity contribution is 14.1. The average Bonchev–Trinajstić information content (AvgIpc) is 2.26. The van der Waals surface area contributed by atoms with Crippen molar-refractivity contribution in [3.8, 4) is 11.4 Å². The summed E-state index contributed by atoms with van der Waals surface area (Å²) in [6.45, 7) is 1.68. The van der Waals surface area contributed by atoms with Crippen LogP contribution in [0, 0.1) is 16.3 Å². The molecule has 0 unspecified atom stereocenters. The van der Waals surface area contributed by atoms with Crippen molar-refractivity contribution in [2.75, 3.05) is 0 Å². The van der Waals surface area contributed by atoms with E-state index >= 15 is 0 Å². The van der Waals surface area contributed by atoms with Crippen LogP contribution in [0.15, 0.2) is 29.2 Å². The molecule has 3 nitrogen and oxygen atoms in total. The lowest BCUT2D eigenvalue weighted by Gasteiger charge is -2.02. The van der Waals surface area contributed by atoms with Crippen molar-refractivity contribution < 1.29 is 4.39 Å². The second-order valence-corrected chi connectivity index (χ2v) is 4.54. The largest absolute Gasteiger partial charge is 0.306 e. The molecule has 0 spiro atoms. The van der Waals surface area contributed by atoms with Gasteiger partial charge in [-0.1, -0.05) is 12.1 Å². The lowest BCUT2D eigenvalue weighted by atomic mass is 10.1. The van der Waals surface area contributed by atoms with Crippen LogP contribution >= 0.6 is 22.6 Å². The molecule has 2 rings (SSSR count). The fourth-order valence-electron chi connectivity index (χ4n) is 1.27. The Morgan fingerprint density at radius 3 is 2.81 bits per heavy atom. The van der Waals surface area contributed by atoms with Gasteiger partial charge in [-0.05, 0) is 41.1 Å². The zero-order valence-corrected chi connectivity index (χ0v) is 10.6. The van der Waals surface area contributed by atoms with Crippen LogP contribution in [0.1, 0.15) is 5.56 Å². The maximum absolute atomic E-state index is 13.3. The van der Waals surface area contributed by atoms with E-state index in [1.54, 1.807) is 19.1 Å². The van der Waals surface area contributed by atoms with E-state index < -0.39 is 0 Å². The van der Waals surface area contributed by atoms with E-state index in [1.807, 2.05) is 22.6 Å². The van der Waals surface area contributed by atoms with Crippen LogP contribution in [0.4, 0.5) is 4.39 Å². The number of benzene rings is 1. The summed E-state index contributed by atoms with van der Waals surface area (Å²) in [5, 5.41) is 0. The van der Waals surface area contributed by atoms with Gasteiger partial charge >= 0.3 is 0 Å². The molecule has 16 heavy (non-hydrogen) atoms. The van der Waals surface area contributed by atoms with Crippen molar-refractivity contribution in [1.29, 1.82) is 0 Å². The van der Waals surface area contributed by atoms with Gasteiger partial charge in [0.2, 0.25) is 0 Å². The maximum Gasteiger partial charge on any atom is 0.264 e. The van der Waals surface area contributed by atoms with Gasteiger partial charge in [-0.25, -0.2) is 9.37 Å². The number of H-pyrrole nitrogens is 1. The quantitative estimate of drug-likeness (QED) is 0.817. The van der Waals surface area contributed by atoms with Gasteiger partial charge in [0.1, 0.15) is 11.6 Å². The van der Waals surface area contributed by atoms with E-state index in [0.717, 1.165) is 0 Å². The highest BCUT2D eigenvalue weighted by atomic mass is 127. The van der Waals surface area contributed by atoms with Crippen LogP contribution in [0.25, 0.3) is 11.4 Å². The summed E-state index contributed by atoms with van der Waals surface area (Å²) < 4.78 is 13.8. The van der Waals surface area contributed by atoms with Crippen molar-refractivity contribution in [2.24, 2.45) is 0 Å². The van der Waals surface area contributed by atoms with E-state index in [-0.39, 0.29) is 11.4 Å². The molecule has 0 radical (unpaired) electrons. The number of nitrogens with zero attached hydrogens (tertiary/aromatic N) is 1. The fraction of sp³-hybridized carbons (Fsp3) is 0.0909. The summed E-state index contributed by atoms with van der Waals surface area (Å²) in [5.41, 5.74) is 0.916. The smallest absolute Gasteiger partial charge is 0.264 e. The molecule has 0 saturated carbocycles. The number of rotatable bonds is 1. The third-order valence-electron chi connectivity index (χ3n) is 2.20. The lowest BCUT2D eigenvalue weighted by Crippen LogP contribution is -2.11. The first kappa shape index (κ1) is 11.3. The number of hydrogen-bond donors (Lipinski definition) is 1. The number of aromatic amines is 1. The van der Waals surface area contributed by atoms with E-state index in [2.05, 4.69) is 9.97 Å². The third-order valence-corrected chi connectivity index (χ3v) is 2.97. The second-order valence-electron chi connectivity index (χ2n) is 3.37. The van der Waals surface area contributed by atoms with E-state index in [0.29, 0.717) is 20.5 Å². The molecule has 82 valence electrons. The van der Waals surface area contributed by atoms with Crippen molar-refractivity contribution in [3.05, 3.63) is 49.7 Å². The summed E-state index contributed by atoms with van der Waals surface area (Å²) in [6, 6.07) is 4.74. The maximum atomic E-state index is 13.3. The molecule has 5 heteroatoms. The number of aromatic nitrogens is 2. The Balaban J connectivity index is 2.55. The second kappa shape index (κ2) is 4.32. The Morgan fingerprint density at radius 1 is 1.44 bits per heavy atom. The zero-order valence-electron chi connectivity index (χ0n) is 8.42. The van der Waals surface area contributed by atoms with E-state index in [1.165, 1.54) is 12.3 Å². The normalized spacial score (nSPS) is 10.4. The molecule has 0 bridgehead atoms. The molecule has 1 heterocycles. The summed E-state index contributed by atoms with van der Waals surface area (Å²) in [6.07, 6.45) is 1.46. The van der Waals surface area contributed by atoms with Gasteiger partial charge < -0.3 is 4.98 Å². The van der Waals surface area contributed by atoms with Crippen LogP contribution < -0.4 is 5.56 Å². The number of aryl methyl sites for hydroxylation is 1. The molecular weight excluding hydrogens is 322 g/mol. The standard InChI is InChI=1S/C11H8FIN2O/c1-6-2-3-7(4-8(6)12)10-14-5-9(13)11(16)15-10/h2-5H,1H3,(H,14,15,16). The van der Waals surface area contributed by atoms with E-state index in [9.17, 15) is 9.18 Å². The summed E-state index contributed by atoms with van der Waals surface area (Å²) >= 11 is 1.89. The molecule has 0 fully saturated rings.